The van der Waals surface area contributed by atoms with Gasteiger partial charge in [-0.2, -0.15) is 0 Å². The fourth-order valence-electron chi connectivity index (χ4n) is 6.60. The van der Waals surface area contributed by atoms with Gasteiger partial charge in [-0.05, 0) is 53.6 Å². The number of carboxylic acid groups (broad SMARTS) is 1. The van der Waals surface area contributed by atoms with Crippen LogP contribution in [0.3, 0.4) is 0 Å². The Hall–Kier alpha value is -3.29. The number of carbonyl (C=O) groups excluding carboxylic acids is 1. The van der Waals surface area contributed by atoms with Crippen molar-refractivity contribution in [3.63, 3.8) is 0 Å². The van der Waals surface area contributed by atoms with Crippen LogP contribution >= 0.6 is 11.3 Å². The van der Waals surface area contributed by atoms with Crippen molar-refractivity contribution in [2.45, 2.75) is 90.1 Å². The number of nitrogens with zero attached hydrogens (tertiary/aromatic N) is 4. The first kappa shape index (κ1) is 31.6. The van der Waals surface area contributed by atoms with E-state index >= 15 is 0 Å². The minimum absolute atomic E-state index is 0.145. The molecule has 1 atom stereocenters. The number of thiophene rings is 1. The summed E-state index contributed by atoms with van der Waals surface area (Å²) in [7, 11) is -2.11. The molecule has 0 bridgehead atoms. The van der Waals surface area contributed by atoms with Gasteiger partial charge in [-0.25, -0.2) is 9.78 Å². The predicted octanol–water partition coefficient (Wildman–Crippen LogP) is 7.66. The van der Waals surface area contributed by atoms with Crippen LogP contribution in [0.2, 0.25) is 16.6 Å². The highest BCUT2D eigenvalue weighted by molar-refractivity contribution is 7.12. The third-order valence-electron chi connectivity index (χ3n) is 8.48. The third-order valence-corrected chi connectivity index (χ3v) is 15.5. The highest BCUT2D eigenvalue weighted by atomic mass is 32.1. The van der Waals surface area contributed by atoms with E-state index in [0.717, 1.165) is 35.3 Å². The number of aromatic nitrogens is 2. The van der Waals surface area contributed by atoms with E-state index in [4.69, 9.17) is 9.41 Å². The van der Waals surface area contributed by atoms with Crippen LogP contribution in [0.4, 0.5) is 16.4 Å². The predicted molar refractivity (Wildman–Crippen MR) is 167 cm³/mol. The monoisotopic (exact) mass is 615 g/mol. The summed E-state index contributed by atoms with van der Waals surface area (Å²) in [6.07, 6.45) is 1.32. The van der Waals surface area contributed by atoms with Gasteiger partial charge in [0.2, 0.25) is 14.3 Å². The van der Waals surface area contributed by atoms with Crippen molar-refractivity contribution < 1.29 is 24.0 Å². The molecule has 0 spiro atoms. The first-order chi connectivity index (χ1) is 19.8. The van der Waals surface area contributed by atoms with E-state index in [0.29, 0.717) is 41.7 Å². The maximum Gasteiger partial charge on any atom is 0.407 e. The molecule has 42 heavy (non-hydrogen) atoms. The molecule has 2 amide bonds. The molecule has 1 aliphatic rings. The Balaban J connectivity index is 1.74. The van der Waals surface area contributed by atoms with E-state index in [1.807, 2.05) is 22.8 Å². The van der Waals surface area contributed by atoms with E-state index < -0.39 is 25.2 Å². The van der Waals surface area contributed by atoms with Crippen molar-refractivity contribution in [1.82, 2.24) is 14.5 Å². The molecule has 1 saturated heterocycles. The topological polar surface area (TPSA) is 140 Å². The van der Waals surface area contributed by atoms with Crippen molar-refractivity contribution in [1.29, 1.82) is 0 Å². The summed E-state index contributed by atoms with van der Waals surface area (Å²) < 4.78 is 8.78. The Morgan fingerprint density at radius 1 is 1.17 bits per heavy atom. The van der Waals surface area contributed by atoms with Gasteiger partial charge in [0, 0.05) is 19.2 Å². The van der Waals surface area contributed by atoms with E-state index in [-0.39, 0.29) is 29.1 Å². The third kappa shape index (κ3) is 6.37. The summed E-state index contributed by atoms with van der Waals surface area (Å²) in [6, 6.07) is 6.92. The highest BCUT2D eigenvalue weighted by Crippen LogP contribution is 2.43. The Kier molecular flexibility index (Phi) is 9.73. The van der Waals surface area contributed by atoms with Crippen LogP contribution in [-0.4, -0.2) is 57.9 Å². The van der Waals surface area contributed by atoms with Gasteiger partial charge in [0.25, 0.3) is 11.6 Å². The second-order valence-corrected chi connectivity index (χ2v) is 18.4. The molecule has 1 aliphatic heterocycles. The summed E-state index contributed by atoms with van der Waals surface area (Å²) in [5.41, 5.74) is 3.61. The van der Waals surface area contributed by atoms with E-state index in [2.05, 4.69) is 46.9 Å². The normalized spacial score (nSPS) is 16.4. The van der Waals surface area contributed by atoms with Crippen molar-refractivity contribution in [2.75, 3.05) is 18.4 Å². The molecule has 0 radical (unpaired) electrons. The molecule has 1 aromatic carbocycles. The van der Waals surface area contributed by atoms with E-state index in [1.165, 1.54) is 16.3 Å². The van der Waals surface area contributed by atoms with Gasteiger partial charge in [0.1, 0.15) is 0 Å². The number of imidazole rings is 1. The summed E-state index contributed by atoms with van der Waals surface area (Å²) in [6.45, 7) is 14.7. The minimum atomic E-state index is -2.11. The molecule has 3 heterocycles. The molecule has 0 unspecified atom stereocenters. The lowest BCUT2D eigenvalue weighted by atomic mass is 10.1. The lowest BCUT2D eigenvalue weighted by Crippen LogP contribution is -2.47. The number of nitrogens with one attached hydrogen (secondary N) is 1. The average Bonchev–Trinajstić information content (AvgIpc) is 3.46. The second kappa shape index (κ2) is 12.9. The number of amides is 2. The van der Waals surface area contributed by atoms with Crippen molar-refractivity contribution in [3.05, 3.63) is 50.2 Å². The van der Waals surface area contributed by atoms with Gasteiger partial charge in [-0.1, -0.05) is 47.6 Å². The summed E-state index contributed by atoms with van der Waals surface area (Å²) in [5.74, 6) is -0.213. The zero-order valence-corrected chi connectivity index (χ0v) is 26.9. The summed E-state index contributed by atoms with van der Waals surface area (Å²) in [4.78, 5) is 42.1. The van der Waals surface area contributed by atoms with Crippen LogP contribution in [0, 0.1) is 10.1 Å². The standard InChI is InChI=1S/C29H41N5O6SSi/c1-18(2)42(19(3)4,20(5)6)40-16-21-10-11-24-25(13-21)33(22-9-7-8-12-32(15-22)29(36)37)28(30-24)31-27(35)26-14-23(17-41-26)34(38)39/h10-11,13-14,17-20,22H,7-9,12,15-16H2,1-6H3,(H,36,37)(H,30,31,35)/t22-/m1/s1. The van der Waals surface area contributed by atoms with Gasteiger partial charge in [-0.15, -0.1) is 11.3 Å². The van der Waals surface area contributed by atoms with Gasteiger partial charge in [0.05, 0.1) is 38.9 Å². The van der Waals surface area contributed by atoms with Crippen molar-refractivity contribution >= 4 is 54.3 Å². The molecule has 11 nitrogen and oxygen atoms in total. The number of rotatable bonds is 10. The quantitative estimate of drug-likeness (QED) is 0.136. The zero-order chi connectivity index (χ0) is 30.8. The number of benzene rings is 1. The summed E-state index contributed by atoms with van der Waals surface area (Å²) >= 11 is 0.990. The molecule has 2 aromatic heterocycles. The molecule has 228 valence electrons. The van der Waals surface area contributed by atoms with Crippen LogP contribution in [0.15, 0.2) is 29.6 Å². The SMILES string of the molecule is CC(C)[Si](OCc1ccc2nc(NC(=O)c3cc([N+](=O)[O-])cs3)n([C@@H]3CCCCN(C(=O)O)C3)c2c1)(C(C)C)C(C)C. The average molecular weight is 616 g/mol. The number of anilines is 1. The Morgan fingerprint density at radius 3 is 2.45 bits per heavy atom. The highest BCUT2D eigenvalue weighted by Gasteiger charge is 2.45. The minimum Gasteiger partial charge on any atom is -0.465 e. The molecular formula is C29H41N5O6SSi. The molecule has 1 fully saturated rings. The number of nitro groups is 1. The first-order valence-corrected chi connectivity index (χ1v) is 17.5. The van der Waals surface area contributed by atoms with Gasteiger partial charge in [0.15, 0.2) is 0 Å². The lowest BCUT2D eigenvalue weighted by Gasteiger charge is -2.42. The maximum atomic E-state index is 13.2. The lowest BCUT2D eigenvalue weighted by molar-refractivity contribution is -0.384. The van der Waals surface area contributed by atoms with Crippen LogP contribution in [-0.2, 0) is 11.0 Å². The number of hydrogen-bond donors (Lipinski definition) is 2. The van der Waals surface area contributed by atoms with Gasteiger partial charge >= 0.3 is 6.09 Å². The molecule has 0 saturated carbocycles. The Bertz CT molecular complexity index is 1430. The van der Waals surface area contributed by atoms with E-state index in [1.54, 1.807) is 0 Å². The molecule has 3 aromatic rings. The first-order valence-electron chi connectivity index (χ1n) is 14.5. The van der Waals surface area contributed by atoms with Crippen molar-refractivity contribution in [2.24, 2.45) is 0 Å². The number of carbonyl (C=O) groups is 2. The number of likely N-dealkylation sites (tertiary alicyclic amines) is 1. The number of fused-ring (bicyclic) bond motifs is 1. The van der Waals surface area contributed by atoms with Gasteiger partial charge in [-0.3, -0.25) is 20.2 Å². The van der Waals surface area contributed by atoms with Crippen LogP contribution in [0.25, 0.3) is 11.0 Å². The zero-order valence-electron chi connectivity index (χ0n) is 25.1. The maximum absolute atomic E-state index is 13.2. The smallest absolute Gasteiger partial charge is 0.407 e. The fraction of sp³-hybridized carbons (Fsp3) is 0.552. The van der Waals surface area contributed by atoms with Gasteiger partial charge < -0.3 is 19.0 Å². The molecule has 0 aliphatic carbocycles. The van der Waals surface area contributed by atoms with E-state index in [9.17, 15) is 24.8 Å². The molecule has 13 heteroatoms. The number of hydrogen-bond acceptors (Lipinski definition) is 7. The molecular weight excluding hydrogens is 575 g/mol. The molecule has 4 rings (SSSR count). The second-order valence-electron chi connectivity index (χ2n) is 12.0. The van der Waals surface area contributed by atoms with Crippen LogP contribution < -0.4 is 5.32 Å². The summed E-state index contributed by atoms with van der Waals surface area (Å²) in [5, 5.41) is 25.1. The Labute approximate surface area is 251 Å². The fourth-order valence-corrected chi connectivity index (χ4v) is 12.8. The largest absolute Gasteiger partial charge is 0.465 e. The molecule has 2 N–H and O–H groups in total. The van der Waals surface area contributed by atoms with Crippen molar-refractivity contribution in [3.8, 4) is 0 Å². The van der Waals surface area contributed by atoms with Crippen LogP contribution in [0.1, 0.15) is 82.1 Å². The van der Waals surface area contributed by atoms with Crippen LogP contribution in [0.5, 0.6) is 0 Å². The Morgan fingerprint density at radius 2 is 1.86 bits per heavy atom.